The number of ether oxygens (including phenoxy) is 1. The molecule has 0 amide bonds. The van der Waals surface area contributed by atoms with Crippen molar-refractivity contribution in [1.82, 2.24) is 0 Å². The van der Waals surface area contributed by atoms with E-state index in [4.69, 9.17) is 14.0 Å². The van der Waals surface area contributed by atoms with Gasteiger partial charge in [0, 0.05) is 19.8 Å². The van der Waals surface area contributed by atoms with Crippen LogP contribution in [0.3, 0.4) is 0 Å². The van der Waals surface area contributed by atoms with Crippen LogP contribution >= 0.6 is 0 Å². The minimum Gasteiger partial charge on any atom is -0.465 e. The van der Waals surface area contributed by atoms with E-state index in [9.17, 15) is 4.79 Å². The largest absolute Gasteiger partial charge is 0.495 e. The highest BCUT2D eigenvalue weighted by Crippen LogP contribution is 2.37. The summed E-state index contributed by atoms with van der Waals surface area (Å²) in [7, 11) is 4.66. The monoisotopic (exact) mass is 305 g/mol. The lowest BCUT2D eigenvalue weighted by atomic mass is 9.75. The number of carbonyl (C=O) groups is 1. The van der Waals surface area contributed by atoms with Gasteiger partial charge < -0.3 is 18.9 Å². The van der Waals surface area contributed by atoms with Crippen molar-refractivity contribution >= 4 is 24.2 Å². The van der Waals surface area contributed by atoms with Gasteiger partial charge in [0.2, 0.25) is 0 Å². The molecular weight excluding hydrogens is 281 g/mol. The number of methoxy groups -OCH3 is 1. The maximum Gasteiger partial charge on any atom is 0.495 e. The van der Waals surface area contributed by atoms with Gasteiger partial charge in [-0.25, -0.2) is 4.79 Å². The Kier molecular flexibility index (Phi) is 4.28. The summed E-state index contributed by atoms with van der Waals surface area (Å²) in [5.74, 6) is -0.394. The van der Waals surface area contributed by atoms with Crippen molar-refractivity contribution in [3.05, 3.63) is 23.8 Å². The molecule has 0 spiro atoms. The molecule has 1 aromatic carbocycles. The van der Waals surface area contributed by atoms with Crippen LogP contribution in [0.2, 0.25) is 0 Å². The molecule has 0 bridgehead atoms. The number of hydrogen-bond donors (Lipinski definition) is 0. The van der Waals surface area contributed by atoms with Crippen LogP contribution in [0.4, 0.5) is 5.69 Å². The molecule has 0 aromatic heterocycles. The summed E-state index contributed by atoms with van der Waals surface area (Å²) in [6, 6.07) is 5.54. The summed E-state index contributed by atoms with van der Waals surface area (Å²) >= 11 is 0. The van der Waals surface area contributed by atoms with E-state index < -0.39 is 24.3 Å². The van der Waals surface area contributed by atoms with Crippen LogP contribution in [0.5, 0.6) is 0 Å². The molecule has 1 aliphatic rings. The zero-order chi connectivity index (χ0) is 16.7. The average molecular weight is 305 g/mol. The second-order valence-electron chi connectivity index (χ2n) is 6.75. The molecule has 0 atom stereocenters. The van der Waals surface area contributed by atoms with E-state index in [1.54, 1.807) is 6.07 Å². The van der Waals surface area contributed by atoms with Crippen molar-refractivity contribution in [3.63, 3.8) is 0 Å². The summed E-state index contributed by atoms with van der Waals surface area (Å²) in [6.07, 6.45) is 0. The third-order valence-electron chi connectivity index (χ3n) is 4.46. The minimum atomic E-state index is -0.598. The molecule has 1 heterocycles. The lowest BCUT2D eigenvalue weighted by Gasteiger charge is -2.32. The first-order valence-corrected chi connectivity index (χ1v) is 7.34. The number of benzene rings is 1. The summed E-state index contributed by atoms with van der Waals surface area (Å²) < 4.78 is 17.0. The molecule has 0 radical (unpaired) electrons. The number of rotatable bonds is 3. The second kappa shape index (κ2) is 5.59. The van der Waals surface area contributed by atoms with Crippen molar-refractivity contribution in [1.29, 1.82) is 0 Å². The standard InChI is InChI=1S/C16H24BNO4/c1-15(2)16(3,4)22-17(21-15)13-10-11(18(5)6)8-9-12(13)14(19)20-7/h8-10H,1-7H3. The molecule has 6 heteroatoms. The topological polar surface area (TPSA) is 48.0 Å². The molecule has 22 heavy (non-hydrogen) atoms. The Morgan fingerprint density at radius 3 is 2.14 bits per heavy atom. The fourth-order valence-corrected chi connectivity index (χ4v) is 2.29. The molecule has 0 unspecified atom stereocenters. The lowest BCUT2D eigenvalue weighted by Crippen LogP contribution is -2.41. The highest BCUT2D eigenvalue weighted by atomic mass is 16.7. The van der Waals surface area contributed by atoms with Gasteiger partial charge in [-0.15, -0.1) is 0 Å². The number of hydrogen-bond acceptors (Lipinski definition) is 5. The molecule has 1 fully saturated rings. The molecule has 1 aliphatic heterocycles. The van der Waals surface area contributed by atoms with Gasteiger partial charge in [-0.2, -0.15) is 0 Å². The predicted molar refractivity (Wildman–Crippen MR) is 87.8 cm³/mol. The summed E-state index contributed by atoms with van der Waals surface area (Å²) in [5.41, 5.74) is 1.21. The Morgan fingerprint density at radius 2 is 1.68 bits per heavy atom. The van der Waals surface area contributed by atoms with Gasteiger partial charge in [0.25, 0.3) is 0 Å². The van der Waals surface area contributed by atoms with Gasteiger partial charge in [-0.1, -0.05) is 0 Å². The maximum atomic E-state index is 12.0. The summed E-state index contributed by atoms with van der Waals surface area (Å²) in [4.78, 5) is 14.0. The van der Waals surface area contributed by atoms with E-state index in [-0.39, 0.29) is 0 Å². The molecule has 0 aliphatic carbocycles. The van der Waals surface area contributed by atoms with Crippen LogP contribution in [0.15, 0.2) is 18.2 Å². The van der Waals surface area contributed by atoms with Gasteiger partial charge in [-0.05, 0) is 51.4 Å². The highest BCUT2D eigenvalue weighted by Gasteiger charge is 2.52. The van der Waals surface area contributed by atoms with Crippen molar-refractivity contribution in [2.45, 2.75) is 38.9 Å². The fourth-order valence-electron chi connectivity index (χ4n) is 2.29. The van der Waals surface area contributed by atoms with Gasteiger partial charge in [0.15, 0.2) is 0 Å². The Balaban J connectivity index is 2.49. The molecule has 120 valence electrons. The Bertz CT molecular complexity index is 568. The third-order valence-corrected chi connectivity index (χ3v) is 4.46. The smallest absolute Gasteiger partial charge is 0.465 e. The van der Waals surface area contributed by atoms with Crippen LogP contribution in [0, 0.1) is 0 Å². The molecule has 0 N–H and O–H groups in total. The maximum absolute atomic E-state index is 12.0. The Morgan fingerprint density at radius 1 is 1.14 bits per heavy atom. The average Bonchev–Trinajstić information content (AvgIpc) is 2.65. The van der Waals surface area contributed by atoms with E-state index in [2.05, 4.69) is 0 Å². The normalized spacial score (nSPS) is 19.1. The van der Waals surface area contributed by atoms with E-state index in [1.807, 2.05) is 58.8 Å². The van der Waals surface area contributed by atoms with Crippen LogP contribution in [0.1, 0.15) is 38.1 Å². The Hall–Kier alpha value is -1.53. The van der Waals surface area contributed by atoms with Crippen LogP contribution in [0.25, 0.3) is 0 Å². The second-order valence-corrected chi connectivity index (χ2v) is 6.75. The summed E-state index contributed by atoms with van der Waals surface area (Å²) in [6.45, 7) is 7.95. The number of anilines is 1. The van der Waals surface area contributed by atoms with E-state index in [0.29, 0.717) is 11.0 Å². The third kappa shape index (κ3) is 2.85. The number of carbonyl (C=O) groups excluding carboxylic acids is 1. The van der Waals surface area contributed by atoms with Crippen molar-refractivity contribution in [2.24, 2.45) is 0 Å². The van der Waals surface area contributed by atoms with E-state index in [1.165, 1.54) is 7.11 Å². The quantitative estimate of drug-likeness (QED) is 0.630. The Labute approximate surface area is 132 Å². The molecule has 5 nitrogen and oxygen atoms in total. The van der Waals surface area contributed by atoms with E-state index in [0.717, 1.165) is 5.69 Å². The predicted octanol–water partition coefficient (Wildman–Crippen LogP) is 1.84. The molecule has 0 saturated carbocycles. The fraction of sp³-hybridized carbons (Fsp3) is 0.562. The zero-order valence-electron chi connectivity index (χ0n) is 14.4. The van der Waals surface area contributed by atoms with Gasteiger partial charge >= 0.3 is 13.1 Å². The van der Waals surface area contributed by atoms with Crippen LogP contribution in [-0.4, -0.2) is 45.5 Å². The molecule has 2 rings (SSSR count). The summed E-state index contributed by atoms with van der Waals surface area (Å²) in [5, 5.41) is 0. The van der Waals surface area contributed by atoms with Gasteiger partial charge in [0.05, 0.1) is 23.9 Å². The van der Waals surface area contributed by atoms with Crippen LogP contribution < -0.4 is 10.4 Å². The van der Waals surface area contributed by atoms with Crippen molar-refractivity contribution < 1.29 is 18.8 Å². The highest BCUT2D eigenvalue weighted by molar-refractivity contribution is 6.63. The molecular formula is C16H24BNO4. The van der Waals surface area contributed by atoms with Crippen molar-refractivity contribution in [2.75, 3.05) is 26.1 Å². The van der Waals surface area contributed by atoms with E-state index >= 15 is 0 Å². The number of esters is 1. The first kappa shape index (κ1) is 16.8. The molecule has 1 aromatic rings. The number of nitrogens with zero attached hydrogens (tertiary/aromatic N) is 1. The SMILES string of the molecule is COC(=O)c1ccc(N(C)C)cc1B1OC(C)(C)C(C)(C)O1. The molecule has 1 saturated heterocycles. The first-order valence-electron chi connectivity index (χ1n) is 7.34. The van der Waals surface area contributed by atoms with Gasteiger partial charge in [-0.3, -0.25) is 0 Å². The van der Waals surface area contributed by atoms with Gasteiger partial charge in [0.1, 0.15) is 0 Å². The minimum absolute atomic E-state index is 0.394. The van der Waals surface area contributed by atoms with Crippen LogP contribution in [-0.2, 0) is 14.0 Å². The lowest BCUT2D eigenvalue weighted by molar-refractivity contribution is 0.00578. The first-order chi connectivity index (χ1) is 10.1. The zero-order valence-corrected chi connectivity index (χ0v) is 14.4. The van der Waals surface area contributed by atoms with Crippen molar-refractivity contribution in [3.8, 4) is 0 Å².